The van der Waals surface area contributed by atoms with E-state index in [1.807, 2.05) is 0 Å². The van der Waals surface area contributed by atoms with E-state index >= 15 is 0 Å². The van der Waals surface area contributed by atoms with E-state index < -0.39 is 5.95 Å². The van der Waals surface area contributed by atoms with Crippen molar-refractivity contribution in [2.24, 2.45) is 0 Å². The summed E-state index contributed by atoms with van der Waals surface area (Å²) in [6.07, 6.45) is 1.52. The van der Waals surface area contributed by atoms with Crippen LogP contribution in [-0.2, 0) is 0 Å². The Labute approximate surface area is 113 Å². The SMILES string of the molecule is Cc1cc(C)c(C(C)Nc2ccc(F)nc2)c(C)c1. The van der Waals surface area contributed by atoms with Crippen molar-refractivity contribution in [2.75, 3.05) is 5.32 Å². The lowest BCUT2D eigenvalue weighted by molar-refractivity contribution is 0.584. The number of pyridine rings is 1. The van der Waals surface area contributed by atoms with Crippen molar-refractivity contribution in [1.29, 1.82) is 0 Å². The van der Waals surface area contributed by atoms with Gasteiger partial charge in [-0.1, -0.05) is 17.7 Å². The molecule has 1 aromatic carbocycles. The van der Waals surface area contributed by atoms with Crippen LogP contribution < -0.4 is 5.32 Å². The first-order valence-corrected chi connectivity index (χ1v) is 6.43. The summed E-state index contributed by atoms with van der Waals surface area (Å²) in [7, 11) is 0. The number of halogens is 1. The van der Waals surface area contributed by atoms with E-state index in [1.54, 1.807) is 6.07 Å². The zero-order chi connectivity index (χ0) is 14.0. The van der Waals surface area contributed by atoms with Crippen LogP contribution in [0.2, 0.25) is 0 Å². The molecule has 1 atom stereocenters. The predicted octanol–water partition coefficient (Wildman–Crippen LogP) is 4.32. The van der Waals surface area contributed by atoms with Gasteiger partial charge in [0.15, 0.2) is 0 Å². The van der Waals surface area contributed by atoms with Crippen molar-refractivity contribution in [2.45, 2.75) is 33.7 Å². The summed E-state index contributed by atoms with van der Waals surface area (Å²) in [5, 5.41) is 3.36. The minimum Gasteiger partial charge on any atom is -0.377 e. The molecule has 1 heterocycles. The Hall–Kier alpha value is -1.90. The Bertz CT molecular complexity index is 553. The quantitative estimate of drug-likeness (QED) is 0.829. The van der Waals surface area contributed by atoms with Crippen molar-refractivity contribution >= 4 is 5.69 Å². The molecule has 0 amide bonds. The van der Waals surface area contributed by atoms with Gasteiger partial charge in [-0.05, 0) is 56.5 Å². The third kappa shape index (κ3) is 3.11. The van der Waals surface area contributed by atoms with Gasteiger partial charge < -0.3 is 5.32 Å². The number of benzene rings is 1. The second-order valence-electron chi connectivity index (χ2n) is 5.05. The highest BCUT2D eigenvalue weighted by atomic mass is 19.1. The highest BCUT2D eigenvalue weighted by molar-refractivity contribution is 5.47. The Morgan fingerprint density at radius 1 is 1.11 bits per heavy atom. The molecule has 0 aliphatic carbocycles. The summed E-state index contributed by atoms with van der Waals surface area (Å²) < 4.78 is 12.8. The van der Waals surface area contributed by atoms with E-state index in [2.05, 4.69) is 50.1 Å². The highest BCUT2D eigenvalue weighted by Crippen LogP contribution is 2.26. The van der Waals surface area contributed by atoms with E-state index in [0.29, 0.717) is 0 Å². The number of aromatic nitrogens is 1. The molecule has 0 spiro atoms. The fourth-order valence-electron chi connectivity index (χ4n) is 2.66. The third-order valence-corrected chi connectivity index (χ3v) is 3.28. The number of aryl methyl sites for hydroxylation is 3. The first-order chi connectivity index (χ1) is 8.97. The zero-order valence-corrected chi connectivity index (χ0v) is 11.8. The molecule has 0 aliphatic rings. The van der Waals surface area contributed by atoms with Gasteiger partial charge in [0, 0.05) is 6.04 Å². The highest BCUT2D eigenvalue weighted by Gasteiger charge is 2.12. The van der Waals surface area contributed by atoms with Crippen LogP contribution in [0.15, 0.2) is 30.5 Å². The molecule has 0 saturated carbocycles. The number of nitrogens with zero attached hydrogens (tertiary/aromatic N) is 1. The Kier molecular flexibility index (Phi) is 3.84. The van der Waals surface area contributed by atoms with E-state index in [0.717, 1.165) is 5.69 Å². The third-order valence-electron chi connectivity index (χ3n) is 3.28. The van der Waals surface area contributed by atoms with Crippen molar-refractivity contribution in [3.63, 3.8) is 0 Å². The van der Waals surface area contributed by atoms with Gasteiger partial charge >= 0.3 is 0 Å². The molecule has 1 N–H and O–H groups in total. The van der Waals surface area contributed by atoms with E-state index in [9.17, 15) is 4.39 Å². The molecular formula is C16H19FN2. The summed E-state index contributed by atoms with van der Waals surface area (Å²) in [5.41, 5.74) is 5.93. The second kappa shape index (κ2) is 5.39. The van der Waals surface area contributed by atoms with Crippen molar-refractivity contribution in [1.82, 2.24) is 4.98 Å². The molecule has 2 aromatic rings. The maximum absolute atomic E-state index is 12.8. The van der Waals surface area contributed by atoms with Gasteiger partial charge in [0.05, 0.1) is 11.9 Å². The van der Waals surface area contributed by atoms with Crippen LogP contribution in [0.1, 0.15) is 35.2 Å². The first-order valence-electron chi connectivity index (χ1n) is 6.43. The molecule has 100 valence electrons. The summed E-state index contributed by atoms with van der Waals surface area (Å²) in [5.74, 6) is -0.457. The number of rotatable bonds is 3. The van der Waals surface area contributed by atoms with Crippen LogP contribution in [0.4, 0.5) is 10.1 Å². The predicted molar refractivity (Wildman–Crippen MR) is 76.9 cm³/mol. The molecule has 2 nitrogen and oxygen atoms in total. The van der Waals surface area contributed by atoms with Gasteiger partial charge in [0.1, 0.15) is 0 Å². The molecule has 1 aromatic heterocycles. The normalized spacial score (nSPS) is 12.3. The van der Waals surface area contributed by atoms with Crippen LogP contribution in [0, 0.1) is 26.7 Å². The Morgan fingerprint density at radius 2 is 1.74 bits per heavy atom. The number of nitrogens with one attached hydrogen (secondary N) is 1. The van der Waals surface area contributed by atoms with Crippen molar-refractivity contribution in [3.8, 4) is 0 Å². The molecule has 0 aliphatic heterocycles. The Balaban J connectivity index is 2.25. The van der Waals surface area contributed by atoms with Gasteiger partial charge in [-0.3, -0.25) is 0 Å². The Morgan fingerprint density at radius 3 is 2.26 bits per heavy atom. The smallest absolute Gasteiger partial charge is 0.212 e. The standard InChI is InChI=1S/C16H19FN2/c1-10-7-11(2)16(12(3)8-10)13(4)19-14-5-6-15(17)18-9-14/h5-9,13,19H,1-4H3. The average Bonchev–Trinajstić information content (AvgIpc) is 2.30. The fourth-order valence-corrected chi connectivity index (χ4v) is 2.66. The summed E-state index contributed by atoms with van der Waals surface area (Å²) >= 11 is 0. The van der Waals surface area contributed by atoms with Gasteiger partial charge in [0.2, 0.25) is 5.95 Å². The lowest BCUT2D eigenvalue weighted by atomic mass is 9.95. The van der Waals surface area contributed by atoms with Gasteiger partial charge in [-0.15, -0.1) is 0 Å². The largest absolute Gasteiger partial charge is 0.377 e. The summed E-state index contributed by atoms with van der Waals surface area (Å²) in [6, 6.07) is 7.60. The van der Waals surface area contributed by atoms with Crippen molar-refractivity contribution in [3.05, 3.63) is 58.7 Å². The monoisotopic (exact) mass is 258 g/mol. The maximum atomic E-state index is 12.8. The van der Waals surface area contributed by atoms with Gasteiger partial charge in [-0.25, -0.2) is 4.98 Å². The zero-order valence-electron chi connectivity index (χ0n) is 11.8. The van der Waals surface area contributed by atoms with Crippen LogP contribution in [0.25, 0.3) is 0 Å². The van der Waals surface area contributed by atoms with E-state index in [4.69, 9.17) is 0 Å². The minimum atomic E-state index is -0.457. The van der Waals surface area contributed by atoms with Crippen LogP contribution in [0.5, 0.6) is 0 Å². The molecule has 0 fully saturated rings. The number of hydrogen-bond donors (Lipinski definition) is 1. The molecule has 0 bridgehead atoms. The fraction of sp³-hybridized carbons (Fsp3) is 0.312. The first kappa shape index (κ1) is 13.5. The second-order valence-corrected chi connectivity index (χ2v) is 5.05. The molecule has 19 heavy (non-hydrogen) atoms. The molecule has 1 unspecified atom stereocenters. The maximum Gasteiger partial charge on any atom is 0.212 e. The summed E-state index contributed by atoms with van der Waals surface area (Å²) in [6.45, 7) is 8.45. The molecule has 2 rings (SSSR count). The van der Waals surface area contributed by atoms with Gasteiger partial charge in [-0.2, -0.15) is 4.39 Å². The number of hydrogen-bond acceptors (Lipinski definition) is 2. The lowest BCUT2D eigenvalue weighted by Crippen LogP contribution is -2.10. The number of anilines is 1. The van der Waals surface area contributed by atoms with Crippen molar-refractivity contribution < 1.29 is 4.39 Å². The van der Waals surface area contributed by atoms with E-state index in [-0.39, 0.29) is 6.04 Å². The summed E-state index contributed by atoms with van der Waals surface area (Å²) in [4.78, 5) is 3.66. The topological polar surface area (TPSA) is 24.9 Å². The van der Waals surface area contributed by atoms with Gasteiger partial charge in [0.25, 0.3) is 0 Å². The lowest BCUT2D eigenvalue weighted by Gasteiger charge is -2.20. The van der Waals surface area contributed by atoms with Crippen LogP contribution in [0.3, 0.4) is 0 Å². The minimum absolute atomic E-state index is 0.160. The van der Waals surface area contributed by atoms with Crippen LogP contribution in [-0.4, -0.2) is 4.98 Å². The molecule has 3 heteroatoms. The van der Waals surface area contributed by atoms with Crippen LogP contribution >= 0.6 is 0 Å². The average molecular weight is 258 g/mol. The molecular weight excluding hydrogens is 239 g/mol. The molecule has 0 saturated heterocycles. The van der Waals surface area contributed by atoms with E-state index in [1.165, 1.54) is 34.5 Å². The molecule has 0 radical (unpaired) electrons.